The Hall–Kier alpha value is -0.875. The van der Waals surface area contributed by atoms with E-state index < -0.39 is 13.7 Å². The molecule has 3 nitrogen and oxygen atoms in total. The number of hydrogen-bond acceptors (Lipinski definition) is 2. The lowest BCUT2D eigenvalue weighted by Crippen LogP contribution is -1.97. The van der Waals surface area contributed by atoms with Crippen LogP contribution in [0.5, 0.6) is 0 Å². The Morgan fingerprint density at radius 2 is 1.90 bits per heavy atom. The SMILES string of the molecule is CCOC(=O)O.FB(F)F. The number of hydrogen-bond donors (Lipinski definition) is 1. The molecule has 0 aromatic carbocycles. The number of rotatable bonds is 1. The van der Waals surface area contributed by atoms with Crippen molar-refractivity contribution in [1.29, 1.82) is 0 Å². The minimum absolute atomic E-state index is 0.231. The molecule has 0 spiro atoms. The van der Waals surface area contributed by atoms with Crippen LogP contribution in [0.4, 0.5) is 17.7 Å². The summed E-state index contributed by atoms with van der Waals surface area (Å²) in [5.74, 6) is 0. The summed E-state index contributed by atoms with van der Waals surface area (Å²) < 4.78 is 33.0. The Bertz CT molecular complexity index is 86.3. The summed E-state index contributed by atoms with van der Waals surface area (Å²) in [7, 11) is -3.67. The summed E-state index contributed by atoms with van der Waals surface area (Å²) in [6.45, 7) is 1.85. The topological polar surface area (TPSA) is 46.5 Å². The van der Waals surface area contributed by atoms with Crippen LogP contribution in [0.3, 0.4) is 0 Å². The molecule has 1 N–H and O–H groups in total. The second kappa shape index (κ2) is 8.12. The minimum Gasteiger partial charge on any atom is -0.450 e. The summed E-state index contributed by atoms with van der Waals surface area (Å²) in [5.41, 5.74) is 0. The van der Waals surface area contributed by atoms with Crippen LogP contribution in [0.2, 0.25) is 0 Å². The average Bonchev–Trinajstić information content (AvgIpc) is 1.62. The van der Waals surface area contributed by atoms with Crippen molar-refractivity contribution in [2.45, 2.75) is 6.92 Å². The predicted octanol–water partition coefficient (Wildman–Crippen LogP) is 1.58. The highest BCUT2D eigenvalue weighted by molar-refractivity contribution is 6.33. The van der Waals surface area contributed by atoms with E-state index in [1.165, 1.54) is 0 Å². The van der Waals surface area contributed by atoms with Crippen molar-refractivity contribution in [2.75, 3.05) is 6.61 Å². The molecule has 0 amide bonds. The third kappa shape index (κ3) is 59.2. The lowest BCUT2D eigenvalue weighted by atomic mass is 10.5. The molecule has 10 heavy (non-hydrogen) atoms. The smallest absolute Gasteiger partial charge is 0.450 e. The van der Waals surface area contributed by atoms with Gasteiger partial charge in [0.2, 0.25) is 0 Å². The van der Waals surface area contributed by atoms with E-state index in [0.29, 0.717) is 0 Å². The van der Waals surface area contributed by atoms with Crippen LogP contribution in [0.15, 0.2) is 0 Å². The maximum absolute atomic E-state index is 9.67. The zero-order valence-electron chi connectivity index (χ0n) is 5.18. The summed E-state index contributed by atoms with van der Waals surface area (Å²) in [6.07, 6.45) is -1.21. The molecule has 7 heteroatoms. The average molecular weight is 158 g/mol. The highest BCUT2D eigenvalue weighted by Crippen LogP contribution is 1.80. The molecule has 0 heterocycles. The van der Waals surface area contributed by atoms with Crippen LogP contribution < -0.4 is 0 Å². The van der Waals surface area contributed by atoms with E-state index in [0.717, 1.165) is 0 Å². The van der Waals surface area contributed by atoms with Gasteiger partial charge in [0.05, 0.1) is 6.61 Å². The Morgan fingerprint density at radius 3 is 1.90 bits per heavy atom. The Morgan fingerprint density at radius 1 is 1.60 bits per heavy atom. The van der Waals surface area contributed by atoms with Crippen LogP contribution in [0.1, 0.15) is 6.92 Å². The van der Waals surface area contributed by atoms with Gasteiger partial charge in [-0.25, -0.2) is 4.79 Å². The first kappa shape index (κ1) is 11.9. The molecule has 60 valence electrons. The van der Waals surface area contributed by atoms with Gasteiger partial charge >= 0.3 is 13.7 Å². The highest BCUT2D eigenvalue weighted by atomic mass is 19.4. The van der Waals surface area contributed by atoms with E-state index in [1.807, 2.05) is 0 Å². The largest absolute Gasteiger partial charge is 0.762 e. The fourth-order valence-corrected chi connectivity index (χ4v) is 0.123. The first-order valence-electron chi connectivity index (χ1n) is 2.28. The van der Waals surface area contributed by atoms with Gasteiger partial charge in [-0.2, -0.15) is 0 Å². The molecule has 0 radical (unpaired) electrons. The molecule has 0 fully saturated rings. The summed E-state index contributed by atoms with van der Waals surface area (Å²) in [5, 5.41) is 7.69. The fraction of sp³-hybridized carbons (Fsp3) is 0.667. The maximum Gasteiger partial charge on any atom is 0.762 e. The van der Waals surface area contributed by atoms with E-state index in [9.17, 15) is 17.7 Å². The van der Waals surface area contributed by atoms with Crippen LogP contribution in [0.25, 0.3) is 0 Å². The number of halogens is 3. The van der Waals surface area contributed by atoms with Gasteiger partial charge < -0.3 is 9.84 Å². The van der Waals surface area contributed by atoms with E-state index in [4.69, 9.17) is 5.11 Å². The summed E-state index contributed by atoms with van der Waals surface area (Å²) in [4.78, 5) is 9.38. The van der Waals surface area contributed by atoms with Gasteiger partial charge in [0.15, 0.2) is 0 Å². The van der Waals surface area contributed by atoms with E-state index >= 15 is 0 Å². The first-order valence-corrected chi connectivity index (χ1v) is 2.28. The van der Waals surface area contributed by atoms with Crippen molar-refractivity contribution in [2.24, 2.45) is 0 Å². The number of ether oxygens (including phenoxy) is 1. The van der Waals surface area contributed by atoms with Gasteiger partial charge in [-0.05, 0) is 6.92 Å². The normalized spacial score (nSPS) is 7.20. The Kier molecular flexibility index (Phi) is 9.64. The fourth-order valence-electron chi connectivity index (χ4n) is 0.123. The lowest BCUT2D eigenvalue weighted by molar-refractivity contribution is 0.0966. The van der Waals surface area contributed by atoms with Crippen molar-refractivity contribution in [3.05, 3.63) is 0 Å². The van der Waals surface area contributed by atoms with Crippen LogP contribution >= 0.6 is 0 Å². The van der Waals surface area contributed by atoms with Crippen LogP contribution in [-0.2, 0) is 4.74 Å². The minimum atomic E-state index is -3.67. The Labute approximate surface area is 56.0 Å². The summed E-state index contributed by atoms with van der Waals surface area (Å²) in [6, 6.07) is 0. The van der Waals surface area contributed by atoms with Crippen molar-refractivity contribution in [3.8, 4) is 0 Å². The number of carbonyl (C=O) groups is 1. The standard InChI is InChI=1S/C3H6O3.BF3/c1-2-6-3(4)5;2-1(3)4/h2H2,1H3,(H,4,5);. The van der Waals surface area contributed by atoms with E-state index in [2.05, 4.69) is 4.74 Å². The van der Waals surface area contributed by atoms with Crippen molar-refractivity contribution in [3.63, 3.8) is 0 Å². The molecule has 0 aliphatic heterocycles. The van der Waals surface area contributed by atoms with Crippen molar-refractivity contribution >= 4 is 13.7 Å². The van der Waals surface area contributed by atoms with Gasteiger partial charge in [-0.1, -0.05) is 0 Å². The van der Waals surface area contributed by atoms with Gasteiger partial charge in [-0.15, -0.1) is 0 Å². The van der Waals surface area contributed by atoms with E-state index in [-0.39, 0.29) is 6.61 Å². The van der Waals surface area contributed by atoms with Crippen molar-refractivity contribution in [1.82, 2.24) is 0 Å². The van der Waals surface area contributed by atoms with Gasteiger partial charge in [0.1, 0.15) is 0 Å². The molecule has 0 saturated heterocycles. The molecular formula is C3H6BF3O3. The summed E-state index contributed by atoms with van der Waals surface area (Å²) >= 11 is 0. The van der Waals surface area contributed by atoms with Gasteiger partial charge in [0.25, 0.3) is 0 Å². The van der Waals surface area contributed by atoms with Gasteiger partial charge in [-0.3, -0.25) is 12.9 Å². The van der Waals surface area contributed by atoms with E-state index in [1.54, 1.807) is 6.92 Å². The molecule has 0 saturated carbocycles. The molecule has 0 aliphatic carbocycles. The lowest BCUT2D eigenvalue weighted by Gasteiger charge is -1.87. The first-order chi connectivity index (χ1) is 4.50. The monoisotopic (exact) mass is 158 g/mol. The van der Waals surface area contributed by atoms with Crippen LogP contribution in [-0.4, -0.2) is 25.4 Å². The number of carboxylic acid groups (broad SMARTS) is 1. The second-order valence-corrected chi connectivity index (χ2v) is 0.946. The highest BCUT2D eigenvalue weighted by Gasteiger charge is 2.06. The quantitative estimate of drug-likeness (QED) is 0.465. The van der Waals surface area contributed by atoms with Crippen molar-refractivity contribution < 1.29 is 27.6 Å². The maximum atomic E-state index is 9.67. The zero-order chi connectivity index (χ0) is 8.57. The zero-order valence-corrected chi connectivity index (χ0v) is 5.18. The molecule has 0 aromatic heterocycles. The third-order valence-corrected chi connectivity index (χ3v) is 0.268. The molecule has 0 rings (SSSR count). The second-order valence-electron chi connectivity index (χ2n) is 0.946. The molecular weight excluding hydrogens is 152 g/mol. The molecule has 0 aromatic rings. The predicted molar refractivity (Wildman–Crippen MR) is 28.7 cm³/mol. The third-order valence-electron chi connectivity index (χ3n) is 0.268. The van der Waals surface area contributed by atoms with Crippen LogP contribution in [0, 0.1) is 0 Å². The Balaban J connectivity index is 0. The molecule has 0 aliphatic rings. The molecule has 0 bridgehead atoms. The molecule has 0 atom stereocenters. The molecule has 0 unspecified atom stereocenters. The van der Waals surface area contributed by atoms with Gasteiger partial charge in [0, 0.05) is 0 Å².